The third-order valence-electron chi connectivity index (χ3n) is 6.82. The Hall–Kier alpha value is -2.57. The first-order valence-electron chi connectivity index (χ1n) is 11.4. The van der Waals surface area contributed by atoms with Gasteiger partial charge in [0.15, 0.2) is 0 Å². The largest absolute Gasteiger partial charge is 0.368 e. The molecule has 0 radical (unpaired) electrons. The van der Waals surface area contributed by atoms with Gasteiger partial charge in [0.05, 0.1) is 0 Å². The maximum atomic E-state index is 12.7. The number of carbonyl (C=O) groups excluding carboxylic acids is 2. The van der Waals surface area contributed by atoms with E-state index in [0.717, 1.165) is 55.6 Å². The SMILES string of the molecule is O=C(Nc1ccc(C2CCN(C(=O)[C@@H]3CCCO3)CC2)cc1)N1Cc2ccc(Cl)cc2C1. The van der Waals surface area contributed by atoms with Crippen molar-refractivity contribution in [1.29, 1.82) is 0 Å². The Balaban J connectivity index is 1.13. The van der Waals surface area contributed by atoms with Crippen LogP contribution < -0.4 is 5.32 Å². The van der Waals surface area contributed by atoms with Crippen LogP contribution >= 0.6 is 11.6 Å². The molecule has 0 aliphatic carbocycles. The van der Waals surface area contributed by atoms with Crippen LogP contribution in [0.5, 0.6) is 0 Å². The van der Waals surface area contributed by atoms with Crippen molar-refractivity contribution in [2.24, 2.45) is 0 Å². The van der Waals surface area contributed by atoms with E-state index in [1.807, 2.05) is 35.2 Å². The van der Waals surface area contributed by atoms with Crippen LogP contribution in [0.4, 0.5) is 10.5 Å². The first kappa shape index (κ1) is 21.3. The quantitative estimate of drug-likeness (QED) is 0.727. The number of ether oxygens (including phenoxy) is 1. The van der Waals surface area contributed by atoms with E-state index in [9.17, 15) is 9.59 Å². The Kier molecular flexibility index (Phi) is 6.07. The normalized spacial score (nSPS) is 21.0. The summed E-state index contributed by atoms with van der Waals surface area (Å²) in [7, 11) is 0. The summed E-state index contributed by atoms with van der Waals surface area (Å²) in [5.41, 5.74) is 4.30. The van der Waals surface area contributed by atoms with E-state index in [0.29, 0.717) is 30.6 Å². The number of fused-ring (bicyclic) bond motifs is 1. The minimum atomic E-state index is -0.227. The lowest BCUT2D eigenvalue weighted by molar-refractivity contribution is -0.142. The van der Waals surface area contributed by atoms with Crippen molar-refractivity contribution in [1.82, 2.24) is 9.80 Å². The minimum Gasteiger partial charge on any atom is -0.368 e. The third kappa shape index (κ3) is 4.48. The zero-order valence-electron chi connectivity index (χ0n) is 18.1. The number of carbonyl (C=O) groups is 2. The molecule has 32 heavy (non-hydrogen) atoms. The summed E-state index contributed by atoms with van der Waals surface area (Å²) in [5, 5.41) is 3.70. The molecule has 0 aromatic heterocycles. The van der Waals surface area contributed by atoms with Crippen LogP contribution in [-0.2, 0) is 22.6 Å². The highest BCUT2D eigenvalue weighted by Crippen LogP contribution is 2.30. The predicted octanol–water partition coefficient (Wildman–Crippen LogP) is 4.77. The van der Waals surface area contributed by atoms with Gasteiger partial charge in [0.2, 0.25) is 0 Å². The lowest BCUT2D eigenvalue weighted by Crippen LogP contribution is -2.43. The second kappa shape index (κ2) is 9.12. The average Bonchev–Trinajstić information content (AvgIpc) is 3.49. The van der Waals surface area contributed by atoms with Gasteiger partial charge in [0.1, 0.15) is 6.10 Å². The number of piperidine rings is 1. The zero-order chi connectivity index (χ0) is 22.1. The van der Waals surface area contributed by atoms with E-state index < -0.39 is 0 Å². The molecule has 3 aliphatic heterocycles. The lowest BCUT2D eigenvalue weighted by atomic mass is 9.89. The first-order chi connectivity index (χ1) is 15.6. The highest BCUT2D eigenvalue weighted by molar-refractivity contribution is 6.30. The third-order valence-corrected chi connectivity index (χ3v) is 7.06. The maximum Gasteiger partial charge on any atom is 0.322 e. The van der Waals surface area contributed by atoms with Crippen molar-refractivity contribution in [3.63, 3.8) is 0 Å². The Bertz CT molecular complexity index is 996. The number of halogens is 1. The van der Waals surface area contributed by atoms with Crippen molar-refractivity contribution in [3.8, 4) is 0 Å². The number of hydrogen-bond donors (Lipinski definition) is 1. The summed E-state index contributed by atoms with van der Waals surface area (Å²) in [6.07, 6.45) is 3.52. The summed E-state index contributed by atoms with van der Waals surface area (Å²) in [4.78, 5) is 29.0. The first-order valence-corrected chi connectivity index (χ1v) is 11.8. The molecular formula is C25H28ClN3O3. The van der Waals surface area contributed by atoms with Gasteiger partial charge in [-0.1, -0.05) is 29.8 Å². The number of anilines is 1. The topological polar surface area (TPSA) is 61.9 Å². The number of rotatable bonds is 3. The van der Waals surface area contributed by atoms with Crippen LogP contribution in [0.2, 0.25) is 5.02 Å². The molecule has 5 rings (SSSR count). The molecule has 2 saturated heterocycles. The van der Waals surface area contributed by atoms with Crippen molar-refractivity contribution in [2.75, 3.05) is 25.0 Å². The molecule has 0 unspecified atom stereocenters. The van der Waals surface area contributed by atoms with Crippen LogP contribution in [0.1, 0.15) is 48.3 Å². The molecule has 2 aromatic rings. The molecule has 0 saturated carbocycles. The molecule has 1 N–H and O–H groups in total. The number of hydrogen-bond acceptors (Lipinski definition) is 3. The van der Waals surface area contributed by atoms with Gasteiger partial charge >= 0.3 is 6.03 Å². The van der Waals surface area contributed by atoms with E-state index >= 15 is 0 Å². The molecule has 2 aromatic carbocycles. The standard InChI is InChI=1S/C25H28ClN3O3/c26-21-6-3-19-15-29(16-20(19)14-21)25(31)27-22-7-4-17(5-8-22)18-9-11-28(12-10-18)24(30)23-2-1-13-32-23/h3-8,14,18,23H,1-2,9-13,15-16H2,(H,27,31)/t23-/m0/s1. The monoisotopic (exact) mass is 453 g/mol. The van der Waals surface area contributed by atoms with Crippen LogP contribution in [0.25, 0.3) is 0 Å². The molecule has 0 spiro atoms. The zero-order valence-corrected chi connectivity index (χ0v) is 18.8. The van der Waals surface area contributed by atoms with Crippen molar-refractivity contribution in [2.45, 2.75) is 50.8 Å². The molecular weight excluding hydrogens is 426 g/mol. The number of likely N-dealkylation sites (tertiary alicyclic amines) is 1. The second-order valence-electron chi connectivity index (χ2n) is 8.92. The fraction of sp³-hybridized carbons (Fsp3) is 0.440. The Morgan fingerprint density at radius 2 is 1.69 bits per heavy atom. The summed E-state index contributed by atoms with van der Waals surface area (Å²) in [6.45, 7) is 3.43. The second-order valence-corrected chi connectivity index (χ2v) is 9.36. The van der Waals surface area contributed by atoms with Crippen molar-refractivity contribution >= 4 is 29.2 Å². The van der Waals surface area contributed by atoms with Crippen LogP contribution in [0, 0.1) is 0 Å². The van der Waals surface area contributed by atoms with E-state index in [1.54, 1.807) is 4.90 Å². The highest BCUT2D eigenvalue weighted by atomic mass is 35.5. The summed E-state index contributed by atoms with van der Waals surface area (Å²) >= 11 is 6.07. The Labute approximate surface area is 193 Å². The molecule has 7 heteroatoms. The number of urea groups is 1. The fourth-order valence-corrected chi connectivity index (χ4v) is 5.15. The molecule has 3 aliphatic rings. The van der Waals surface area contributed by atoms with Gasteiger partial charge < -0.3 is 19.9 Å². The lowest BCUT2D eigenvalue weighted by Gasteiger charge is -2.33. The smallest absolute Gasteiger partial charge is 0.322 e. The molecule has 3 amide bonds. The van der Waals surface area contributed by atoms with Gasteiger partial charge in [-0.15, -0.1) is 0 Å². The number of nitrogens with one attached hydrogen (secondary N) is 1. The van der Waals surface area contributed by atoms with Gasteiger partial charge in [-0.2, -0.15) is 0 Å². The molecule has 2 fully saturated rings. The van der Waals surface area contributed by atoms with E-state index in [2.05, 4.69) is 17.4 Å². The van der Waals surface area contributed by atoms with Crippen molar-refractivity contribution < 1.29 is 14.3 Å². The van der Waals surface area contributed by atoms with Gasteiger partial charge in [-0.3, -0.25) is 4.79 Å². The fourth-order valence-electron chi connectivity index (χ4n) is 4.96. The number of amides is 3. The molecule has 1 atom stereocenters. The average molecular weight is 454 g/mol. The molecule has 0 bridgehead atoms. The van der Waals surface area contributed by atoms with Crippen LogP contribution in [0.15, 0.2) is 42.5 Å². The Morgan fingerprint density at radius 1 is 0.938 bits per heavy atom. The molecule has 3 heterocycles. The van der Waals surface area contributed by atoms with Crippen LogP contribution in [-0.4, -0.2) is 47.5 Å². The Morgan fingerprint density at radius 3 is 2.41 bits per heavy atom. The summed E-state index contributed by atoms with van der Waals surface area (Å²) < 4.78 is 5.55. The van der Waals surface area contributed by atoms with Crippen molar-refractivity contribution in [3.05, 3.63) is 64.2 Å². The van der Waals surface area contributed by atoms with Gasteiger partial charge in [-0.05, 0) is 72.6 Å². The van der Waals surface area contributed by atoms with E-state index in [1.165, 1.54) is 5.56 Å². The van der Waals surface area contributed by atoms with Crippen LogP contribution in [0.3, 0.4) is 0 Å². The van der Waals surface area contributed by atoms with Gasteiger partial charge in [0.25, 0.3) is 5.91 Å². The molecule has 6 nitrogen and oxygen atoms in total. The van der Waals surface area contributed by atoms with E-state index in [4.69, 9.17) is 16.3 Å². The maximum absolute atomic E-state index is 12.7. The predicted molar refractivity (Wildman–Crippen MR) is 124 cm³/mol. The highest BCUT2D eigenvalue weighted by Gasteiger charge is 2.31. The van der Waals surface area contributed by atoms with E-state index in [-0.39, 0.29) is 18.0 Å². The molecule has 168 valence electrons. The summed E-state index contributed by atoms with van der Waals surface area (Å²) in [6, 6.07) is 13.8. The number of benzene rings is 2. The van der Waals surface area contributed by atoms with Gasteiger partial charge in [0, 0.05) is 43.5 Å². The van der Waals surface area contributed by atoms with Gasteiger partial charge in [-0.25, -0.2) is 4.79 Å². The minimum absolute atomic E-state index is 0.106. The number of nitrogens with zero attached hydrogens (tertiary/aromatic N) is 2. The summed E-state index contributed by atoms with van der Waals surface area (Å²) in [5.74, 6) is 0.594.